The Hall–Kier alpha value is -7.80. The Balaban J connectivity index is 1.16. The van der Waals surface area contributed by atoms with Gasteiger partial charge >= 0.3 is 0 Å². The molecular formula is C72H22. The Labute approximate surface area is 400 Å². The summed E-state index contributed by atoms with van der Waals surface area (Å²) in [5, 5.41) is 67.7. The second-order valence-corrected chi connectivity index (χ2v) is 28.4. The van der Waals surface area contributed by atoms with Crippen LogP contribution in [0.2, 0.25) is 0 Å². The zero-order valence-electron chi connectivity index (χ0n) is 39.1. The molecule has 0 saturated carbocycles. The van der Waals surface area contributed by atoms with Crippen molar-refractivity contribution in [2.45, 2.75) is 68.1 Å². The smallest absolute Gasteiger partial charge is 0.0446 e. The maximum absolute atomic E-state index is 2.94. The molecule has 0 nitrogen and oxygen atoms in total. The maximum atomic E-state index is 2.94. The highest BCUT2D eigenvalue weighted by Gasteiger charge is 2.83. The van der Waals surface area contributed by atoms with Gasteiger partial charge < -0.3 is 0 Å². The van der Waals surface area contributed by atoms with Crippen molar-refractivity contribution in [3.05, 3.63) is 114 Å². The van der Waals surface area contributed by atoms with Gasteiger partial charge in [0.2, 0.25) is 0 Å². The average Bonchev–Trinajstić information content (AvgIpc) is 4.29. The van der Waals surface area contributed by atoms with Gasteiger partial charge in [-0.25, -0.2) is 0 Å². The first-order valence-electron chi connectivity index (χ1n) is 27.6. The highest BCUT2D eigenvalue weighted by Crippen LogP contribution is 2.93. The van der Waals surface area contributed by atoms with Crippen LogP contribution in [0.5, 0.6) is 0 Å². The van der Waals surface area contributed by atoms with E-state index < -0.39 is 0 Å². The van der Waals surface area contributed by atoms with Crippen LogP contribution < -0.4 is 0 Å². The Morgan fingerprint density at radius 1 is 0.236 bits per heavy atom. The van der Waals surface area contributed by atoms with Gasteiger partial charge in [-0.1, -0.05) is 37.3 Å². The Kier molecular flexibility index (Phi) is 2.42. The average molecular weight is 887 g/mol. The van der Waals surface area contributed by atoms with Gasteiger partial charge in [-0.05, 0) is 333 Å². The summed E-state index contributed by atoms with van der Waals surface area (Å²) in [6.07, 6.45) is 1.06. The lowest BCUT2D eigenvalue weighted by molar-refractivity contribution is 0.193. The molecule has 33 rings (SSSR count). The molecule has 0 amide bonds. The summed E-state index contributed by atoms with van der Waals surface area (Å²) in [7, 11) is 0. The third kappa shape index (κ3) is 1.44. The highest BCUT2D eigenvalue weighted by atomic mass is 14.8. The van der Waals surface area contributed by atoms with Crippen LogP contribution in [0.25, 0.3) is 215 Å². The minimum Gasteiger partial charge on any atom is -0.0622 e. The first kappa shape index (κ1) is 28.3. The van der Waals surface area contributed by atoms with Gasteiger partial charge in [0.15, 0.2) is 0 Å². The van der Waals surface area contributed by atoms with E-state index in [9.17, 15) is 0 Å². The number of rotatable bonds is 2. The summed E-state index contributed by atoms with van der Waals surface area (Å²) >= 11 is 0. The van der Waals surface area contributed by atoms with Gasteiger partial charge in [0.05, 0.1) is 0 Å². The molecule has 22 aromatic rings. The van der Waals surface area contributed by atoms with Crippen LogP contribution in [0, 0.1) is 5.41 Å². The van der Waals surface area contributed by atoms with E-state index in [-0.39, 0.29) is 32.5 Å². The van der Waals surface area contributed by atoms with Gasteiger partial charge in [0, 0.05) is 32.5 Å². The molecule has 0 heteroatoms. The summed E-state index contributed by atoms with van der Waals surface area (Å²) in [6, 6.07) is 12.1. The first-order valence-corrected chi connectivity index (χ1v) is 27.6. The Bertz CT molecular complexity index is 6690. The van der Waals surface area contributed by atoms with Crippen molar-refractivity contribution in [3.63, 3.8) is 0 Å². The van der Waals surface area contributed by atoms with E-state index in [4.69, 9.17) is 0 Å². The van der Waals surface area contributed by atoms with Crippen molar-refractivity contribution in [1.82, 2.24) is 0 Å². The molecule has 0 saturated heterocycles. The van der Waals surface area contributed by atoms with Crippen molar-refractivity contribution in [2.75, 3.05) is 0 Å². The maximum Gasteiger partial charge on any atom is 0.0446 e. The van der Waals surface area contributed by atoms with E-state index >= 15 is 0 Å². The molecule has 0 bridgehead atoms. The predicted molar refractivity (Wildman–Crippen MR) is 297 cm³/mol. The second kappa shape index (κ2) is 6.16. The molecule has 0 aliphatic heterocycles. The minimum absolute atomic E-state index is 0.250. The summed E-state index contributed by atoms with van der Waals surface area (Å²) in [5.41, 5.74) is 25.2. The monoisotopic (exact) mass is 886 g/mol. The topological polar surface area (TPSA) is 0 Å². The van der Waals surface area contributed by atoms with Crippen LogP contribution in [0.4, 0.5) is 0 Å². The summed E-state index contributed by atoms with van der Waals surface area (Å²) < 4.78 is 0. The third-order valence-corrected chi connectivity index (χ3v) is 28.3. The SMILES string of the molecule is CC12C3=C4C5(C)c6c1c1c7c2c2c8c9c%10c%11c%12c%13c%14c%15c%16c%17c(c5c5c6c6c1c1c%18c7c8c7c8c9c%12c9c%12c%13c%16c%13c%16c%17c5c5c6c1c1c(c%187)c(c89)c(c%12%13)c1c5%16)C%15(C)C4(Cc1ccccc1)C(=C3C2%10C)C%11%14C. The molecule has 72 heavy (non-hydrogen) atoms. The van der Waals surface area contributed by atoms with E-state index in [1.54, 1.807) is 271 Å². The predicted octanol–water partition coefficient (Wildman–Crippen LogP) is 17.6. The molecular weight excluding hydrogens is 865 g/mol. The number of hydrogen-bond acceptors (Lipinski definition) is 0. The molecule has 0 aromatic heterocycles. The number of allylic oxidation sites excluding steroid dienone is 4. The van der Waals surface area contributed by atoms with Crippen LogP contribution in [-0.4, -0.2) is 0 Å². The van der Waals surface area contributed by atoms with Crippen LogP contribution in [0.15, 0.2) is 52.6 Å². The number of hydrogen-bond donors (Lipinski definition) is 0. The zero-order valence-corrected chi connectivity index (χ0v) is 39.1. The van der Waals surface area contributed by atoms with Gasteiger partial charge in [-0.3, -0.25) is 0 Å². The van der Waals surface area contributed by atoms with Crippen LogP contribution >= 0.6 is 0 Å². The Morgan fingerprint density at radius 3 is 0.708 bits per heavy atom. The molecule has 0 heterocycles. The minimum atomic E-state index is -0.261. The molecule has 0 radical (unpaired) electrons. The van der Waals surface area contributed by atoms with Gasteiger partial charge in [0.25, 0.3) is 0 Å². The van der Waals surface area contributed by atoms with Crippen molar-refractivity contribution < 1.29 is 0 Å². The van der Waals surface area contributed by atoms with Crippen molar-refractivity contribution in [2.24, 2.45) is 5.41 Å². The lowest BCUT2D eigenvalue weighted by Crippen LogP contribution is -2.62. The molecule has 22 aromatic carbocycles. The fraction of sp³-hybridized carbons (Fsp3) is 0.167. The zero-order chi connectivity index (χ0) is 44.0. The lowest BCUT2D eigenvalue weighted by Gasteiger charge is -2.65. The molecule has 0 N–H and O–H groups in total. The van der Waals surface area contributed by atoms with E-state index in [2.05, 4.69) is 65.0 Å². The molecule has 0 spiro atoms. The van der Waals surface area contributed by atoms with Crippen molar-refractivity contribution in [3.8, 4) is 0 Å². The molecule has 4 unspecified atom stereocenters. The van der Waals surface area contributed by atoms with Crippen LogP contribution in [-0.2, 0) is 33.5 Å². The van der Waals surface area contributed by atoms with E-state index in [1.807, 2.05) is 22.3 Å². The standard InChI is InChI=1S/C72H22/c1-67-53-43-33-23-18-13-14-16-17-15(13)20-26-24(18)34(33)44-46-36(26)38-28(20)30-22(17)32-31-21(16)29-27-19(14)25(23)35-37(27)47-49-39(29)41(31)51-52-42(32)40(30)50-48(38)58-56(46)68(2,54(44)53)64-63(67)65-69(3,57(47)55(67)45(35)43)59(49)61(51)71(5)62(52)60(50)70(58,4)66(64)72(65,71)11-12-9-7-6-8-10-12/h6-10H,11H2,1-5H3. The normalized spacial score (nSPS) is 31.7. The molecule has 4 atom stereocenters. The van der Waals surface area contributed by atoms with E-state index in [0.717, 1.165) is 6.42 Å². The summed E-state index contributed by atoms with van der Waals surface area (Å²) in [6.45, 7) is 14.5. The first-order chi connectivity index (χ1) is 35.3. The largest absolute Gasteiger partial charge is 0.0622 e. The fourth-order valence-electron chi connectivity index (χ4n) is 28.2. The molecule has 310 valence electrons. The molecule has 11 aliphatic carbocycles. The van der Waals surface area contributed by atoms with E-state index in [1.165, 1.54) is 5.56 Å². The van der Waals surface area contributed by atoms with Crippen molar-refractivity contribution in [1.29, 1.82) is 0 Å². The molecule has 0 fully saturated rings. The molecule has 11 aliphatic rings. The van der Waals surface area contributed by atoms with Gasteiger partial charge in [-0.2, -0.15) is 0 Å². The van der Waals surface area contributed by atoms with Crippen molar-refractivity contribution >= 4 is 215 Å². The van der Waals surface area contributed by atoms with Gasteiger partial charge in [0.1, 0.15) is 0 Å². The quantitative estimate of drug-likeness (QED) is 0.152. The third-order valence-electron chi connectivity index (χ3n) is 28.3. The van der Waals surface area contributed by atoms with Crippen LogP contribution in [0.1, 0.15) is 95.8 Å². The number of benzene rings is 16. The lowest BCUT2D eigenvalue weighted by atomic mass is 9.36. The summed E-state index contributed by atoms with van der Waals surface area (Å²) in [4.78, 5) is 0. The van der Waals surface area contributed by atoms with Crippen LogP contribution in [0.3, 0.4) is 0 Å². The fourth-order valence-corrected chi connectivity index (χ4v) is 28.2. The Morgan fingerprint density at radius 2 is 0.444 bits per heavy atom. The van der Waals surface area contributed by atoms with Gasteiger partial charge in [-0.15, -0.1) is 0 Å². The highest BCUT2D eigenvalue weighted by molar-refractivity contribution is 6.77. The van der Waals surface area contributed by atoms with E-state index in [0.29, 0.717) is 0 Å². The second-order valence-electron chi connectivity index (χ2n) is 28.4. The summed E-state index contributed by atoms with van der Waals surface area (Å²) in [5.74, 6) is 0.